The summed E-state index contributed by atoms with van der Waals surface area (Å²) in [5.74, 6) is -0.930. The molecular formula is C19H23NO5S. The molecule has 0 aliphatic rings. The fourth-order valence-corrected chi connectivity index (χ4v) is 3.49. The summed E-state index contributed by atoms with van der Waals surface area (Å²) < 4.78 is 22.3. The molecule has 0 radical (unpaired) electrons. The summed E-state index contributed by atoms with van der Waals surface area (Å²) in [6, 6.07) is 15.2. The van der Waals surface area contributed by atoms with Gasteiger partial charge in [0.25, 0.3) is 5.91 Å². The van der Waals surface area contributed by atoms with Crippen molar-refractivity contribution in [2.45, 2.75) is 31.1 Å². The average molecular weight is 377 g/mol. The van der Waals surface area contributed by atoms with Gasteiger partial charge in [-0.1, -0.05) is 48.5 Å². The normalized spacial score (nSPS) is 13.8. The van der Waals surface area contributed by atoms with E-state index < -0.39 is 20.5 Å². The van der Waals surface area contributed by atoms with Crippen molar-refractivity contribution in [1.29, 1.82) is 0 Å². The summed E-state index contributed by atoms with van der Waals surface area (Å²) in [5, 5.41) is 17.9. The summed E-state index contributed by atoms with van der Waals surface area (Å²) in [4.78, 5) is 11.8. The summed E-state index contributed by atoms with van der Waals surface area (Å²) >= 11 is 0. The molecule has 2 rings (SSSR count). The van der Waals surface area contributed by atoms with Crippen LogP contribution in [0.2, 0.25) is 0 Å². The molecule has 26 heavy (non-hydrogen) atoms. The SMILES string of the molecule is CC(CCc1ccc(-c2ccc(CO)cc2)cc1)(C(=O)NO)S(C)(=O)=O. The van der Waals surface area contributed by atoms with Crippen molar-refractivity contribution in [3.8, 4) is 11.1 Å². The highest BCUT2D eigenvalue weighted by molar-refractivity contribution is 7.92. The Morgan fingerprint density at radius 2 is 1.46 bits per heavy atom. The van der Waals surface area contributed by atoms with E-state index in [1.807, 2.05) is 48.5 Å². The molecule has 1 atom stereocenters. The van der Waals surface area contributed by atoms with Crippen LogP contribution in [0.3, 0.4) is 0 Å². The number of aliphatic hydroxyl groups excluding tert-OH is 1. The number of aliphatic hydroxyl groups is 1. The highest BCUT2D eigenvalue weighted by Crippen LogP contribution is 2.25. The maximum atomic E-state index is 12.0. The second kappa shape index (κ2) is 7.99. The Hall–Kier alpha value is -2.22. The van der Waals surface area contributed by atoms with Crippen molar-refractivity contribution >= 4 is 15.7 Å². The third-order valence-corrected chi connectivity index (χ3v) is 6.74. The lowest BCUT2D eigenvalue weighted by Crippen LogP contribution is -2.49. The topological polar surface area (TPSA) is 104 Å². The Morgan fingerprint density at radius 1 is 1.00 bits per heavy atom. The van der Waals surface area contributed by atoms with Crippen LogP contribution < -0.4 is 5.48 Å². The van der Waals surface area contributed by atoms with Gasteiger partial charge in [0.2, 0.25) is 0 Å². The summed E-state index contributed by atoms with van der Waals surface area (Å²) in [6.45, 7) is 1.31. The molecule has 7 heteroatoms. The van der Waals surface area contributed by atoms with E-state index in [2.05, 4.69) is 0 Å². The fourth-order valence-electron chi connectivity index (χ4n) is 2.63. The van der Waals surface area contributed by atoms with E-state index in [0.29, 0.717) is 6.42 Å². The molecule has 0 saturated heterocycles. The Balaban J connectivity index is 2.14. The molecule has 0 aliphatic carbocycles. The van der Waals surface area contributed by atoms with Crippen LogP contribution in [0, 0.1) is 0 Å². The minimum atomic E-state index is -3.70. The molecule has 6 nitrogen and oxygen atoms in total. The molecule has 0 spiro atoms. The number of rotatable bonds is 7. The number of benzene rings is 2. The molecule has 140 valence electrons. The molecule has 1 amide bonds. The first kappa shape index (κ1) is 20.1. The summed E-state index contributed by atoms with van der Waals surface area (Å²) in [6.07, 6.45) is 1.42. The molecule has 2 aromatic carbocycles. The Labute approximate surface area is 153 Å². The molecule has 0 bridgehead atoms. The van der Waals surface area contributed by atoms with Crippen molar-refractivity contribution in [2.75, 3.05) is 6.26 Å². The van der Waals surface area contributed by atoms with E-state index in [1.165, 1.54) is 12.4 Å². The van der Waals surface area contributed by atoms with Gasteiger partial charge in [0, 0.05) is 6.26 Å². The zero-order valence-corrected chi connectivity index (χ0v) is 15.6. The van der Waals surface area contributed by atoms with Gasteiger partial charge in [-0.2, -0.15) is 0 Å². The molecule has 0 fully saturated rings. The van der Waals surface area contributed by atoms with Crippen LogP contribution in [0.25, 0.3) is 11.1 Å². The van der Waals surface area contributed by atoms with Crippen molar-refractivity contribution in [2.24, 2.45) is 0 Å². The molecule has 0 aliphatic heterocycles. The van der Waals surface area contributed by atoms with Crippen LogP contribution in [-0.4, -0.2) is 35.6 Å². The van der Waals surface area contributed by atoms with Gasteiger partial charge < -0.3 is 5.11 Å². The molecule has 3 N–H and O–H groups in total. The number of hydroxylamine groups is 1. The Morgan fingerprint density at radius 3 is 1.85 bits per heavy atom. The largest absolute Gasteiger partial charge is 0.392 e. The lowest BCUT2D eigenvalue weighted by atomic mass is 9.97. The quantitative estimate of drug-likeness (QED) is 0.506. The fraction of sp³-hybridized carbons (Fsp3) is 0.316. The highest BCUT2D eigenvalue weighted by atomic mass is 32.2. The van der Waals surface area contributed by atoms with Gasteiger partial charge >= 0.3 is 0 Å². The van der Waals surface area contributed by atoms with Crippen LogP contribution in [0.5, 0.6) is 0 Å². The number of hydrogen-bond acceptors (Lipinski definition) is 5. The zero-order chi connectivity index (χ0) is 19.4. The summed E-state index contributed by atoms with van der Waals surface area (Å²) in [5.41, 5.74) is 5.19. The molecular weight excluding hydrogens is 354 g/mol. The Bertz CT molecular complexity index is 860. The van der Waals surface area contributed by atoms with Crippen molar-refractivity contribution in [3.63, 3.8) is 0 Å². The molecule has 0 heterocycles. The predicted molar refractivity (Wildman–Crippen MR) is 99.3 cm³/mol. The Kier molecular flexibility index (Phi) is 6.17. The average Bonchev–Trinajstić information content (AvgIpc) is 2.65. The van der Waals surface area contributed by atoms with E-state index >= 15 is 0 Å². The van der Waals surface area contributed by atoms with Gasteiger partial charge in [0.15, 0.2) is 9.84 Å². The zero-order valence-electron chi connectivity index (χ0n) is 14.8. The maximum Gasteiger partial charge on any atom is 0.264 e. The van der Waals surface area contributed by atoms with Gasteiger partial charge in [-0.15, -0.1) is 0 Å². The van der Waals surface area contributed by atoms with Gasteiger partial charge in [-0.05, 0) is 42.0 Å². The van der Waals surface area contributed by atoms with Crippen molar-refractivity contribution in [1.82, 2.24) is 5.48 Å². The number of hydrogen-bond donors (Lipinski definition) is 3. The minimum absolute atomic E-state index is 0.000259. The minimum Gasteiger partial charge on any atom is -0.392 e. The van der Waals surface area contributed by atoms with Gasteiger partial charge in [0.1, 0.15) is 4.75 Å². The number of carbonyl (C=O) groups is 1. The smallest absolute Gasteiger partial charge is 0.264 e. The number of carbonyl (C=O) groups excluding carboxylic acids is 1. The van der Waals surface area contributed by atoms with Gasteiger partial charge in [-0.3, -0.25) is 10.0 Å². The molecule has 0 aromatic heterocycles. The number of nitrogens with one attached hydrogen (secondary N) is 1. The predicted octanol–water partition coefficient (Wildman–Crippen LogP) is 2.09. The number of sulfone groups is 1. The maximum absolute atomic E-state index is 12.0. The van der Waals surface area contributed by atoms with E-state index in [0.717, 1.165) is 28.5 Å². The summed E-state index contributed by atoms with van der Waals surface area (Å²) in [7, 11) is -3.70. The van der Waals surface area contributed by atoms with Crippen LogP contribution in [0.15, 0.2) is 48.5 Å². The van der Waals surface area contributed by atoms with E-state index in [1.54, 1.807) is 0 Å². The lowest BCUT2D eigenvalue weighted by molar-refractivity contribution is -0.131. The van der Waals surface area contributed by atoms with Crippen molar-refractivity contribution in [3.05, 3.63) is 59.7 Å². The first-order chi connectivity index (χ1) is 12.2. The van der Waals surface area contributed by atoms with Crippen molar-refractivity contribution < 1.29 is 23.5 Å². The van der Waals surface area contributed by atoms with Crippen LogP contribution >= 0.6 is 0 Å². The third kappa shape index (κ3) is 4.30. The standard InChI is InChI=1S/C19H23NO5S/c1-19(18(22)20-23,26(2,24)25)12-11-14-3-7-16(8-4-14)17-9-5-15(13-21)6-10-17/h3-10,21,23H,11-13H2,1-2H3,(H,20,22). The second-order valence-electron chi connectivity index (χ2n) is 6.50. The van der Waals surface area contributed by atoms with E-state index in [4.69, 9.17) is 10.3 Å². The molecule has 0 saturated carbocycles. The van der Waals surface area contributed by atoms with Crippen LogP contribution in [0.1, 0.15) is 24.5 Å². The highest BCUT2D eigenvalue weighted by Gasteiger charge is 2.43. The molecule has 2 aromatic rings. The molecule has 1 unspecified atom stereocenters. The second-order valence-corrected chi connectivity index (χ2v) is 8.94. The van der Waals surface area contributed by atoms with E-state index in [9.17, 15) is 13.2 Å². The number of amides is 1. The van der Waals surface area contributed by atoms with E-state index in [-0.39, 0.29) is 13.0 Å². The first-order valence-electron chi connectivity index (χ1n) is 8.14. The van der Waals surface area contributed by atoms with Crippen LogP contribution in [-0.2, 0) is 27.7 Å². The lowest BCUT2D eigenvalue weighted by Gasteiger charge is -2.25. The van der Waals surface area contributed by atoms with Crippen LogP contribution in [0.4, 0.5) is 0 Å². The first-order valence-corrected chi connectivity index (χ1v) is 10.0. The number of aryl methyl sites for hydroxylation is 1. The third-order valence-electron chi connectivity index (χ3n) is 4.71. The van der Waals surface area contributed by atoms with Gasteiger partial charge in [0.05, 0.1) is 6.61 Å². The van der Waals surface area contributed by atoms with Gasteiger partial charge in [-0.25, -0.2) is 13.9 Å². The monoisotopic (exact) mass is 377 g/mol.